The van der Waals surface area contributed by atoms with Gasteiger partial charge in [0.2, 0.25) is 5.91 Å². The van der Waals surface area contributed by atoms with Crippen molar-refractivity contribution in [3.05, 3.63) is 48.6 Å². The number of likely N-dealkylation sites (N-methyl/N-ethyl adjacent to an activating group) is 1. The van der Waals surface area contributed by atoms with Gasteiger partial charge in [-0.3, -0.25) is 9.36 Å². The highest BCUT2D eigenvalue weighted by Gasteiger charge is 2.23. The van der Waals surface area contributed by atoms with E-state index in [1.165, 1.54) is 180 Å². The monoisotopic (exact) mass is 935 g/mol. The van der Waals surface area contributed by atoms with E-state index in [0.717, 1.165) is 51.4 Å². The minimum atomic E-state index is -4.60. The highest BCUT2D eigenvalue weighted by Crippen LogP contribution is 2.38. The van der Waals surface area contributed by atoms with E-state index in [0.29, 0.717) is 17.4 Å². The number of allylic oxidation sites excluding steroid dienone is 7. The van der Waals surface area contributed by atoms with Crippen molar-refractivity contribution in [3.8, 4) is 0 Å². The van der Waals surface area contributed by atoms with E-state index >= 15 is 0 Å². The number of phosphoric ester groups is 1. The molecular formula is C56H107N2O6P. The first-order valence-electron chi connectivity index (χ1n) is 27.5. The molecule has 0 aromatic rings. The highest BCUT2D eigenvalue weighted by atomic mass is 31.2. The van der Waals surface area contributed by atoms with Gasteiger partial charge in [0, 0.05) is 6.42 Å². The SMILES string of the molecule is CC/C=C/CC/C=C/CC/C=C/C(O)C(COP(=O)([O-])OCC[N+](C)(C)C)NC(=O)CCCCCCCCCCCCCCCCCCCCCCC/C=C\CCCCCCCCCC. The highest BCUT2D eigenvalue weighted by molar-refractivity contribution is 7.45. The van der Waals surface area contributed by atoms with Crippen LogP contribution in [-0.2, 0) is 18.4 Å². The Balaban J connectivity index is 3.94. The quantitative estimate of drug-likeness (QED) is 0.0272. The number of aliphatic hydroxyl groups excluding tert-OH is 1. The second-order valence-corrected chi connectivity index (χ2v) is 21.3. The van der Waals surface area contributed by atoms with Crippen molar-refractivity contribution in [1.29, 1.82) is 0 Å². The molecule has 1 amide bonds. The molecule has 0 aromatic carbocycles. The molecule has 8 nitrogen and oxygen atoms in total. The van der Waals surface area contributed by atoms with Gasteiger partial charge in [0.1, 0.15) is 13.2 Å². The van der Waals surface area contributed by atoms with Gasteiger partial charge in [-0.1, -0.05) is 229 Å². The van der Waals surface area contributed by atoms with E-state index < -0.39 is 26.6 Å². The molecule has 3 unspecified atom stereocenters. The molecule has 2 N–H and O–H groups in total. The fraction of sp³-hybridized carbons (Fsp3) is 0.839. The van der Waals surface area contributed by atoms with Crippen molar-refractivity contribution in [3.63, 3.8) is 0 Å². The van der Waals surface area contributed by atoms with E-state index in [2.05, 4.69) is 55.6 Å². The normalized spacial score (nSPS) is 14.4. The molecule has 0 aliphatic carbocycles. The number of aliphatic hydroxyl groups is 1. The van der Waals surface area contributed by atoms with Crippen molar-refractivity contribution in [2.45, 2.75) is 264 Å². The molecule has 0 aliphatic heterocycles. The largest absolute Gasteiger partial charge is 0.756 e. The Morgan fingerprint density at radius 3 is 1.32 bits per heavy atom. The number of quaternary nitrogens is 1. The van der Waals surface area contributed by atoms with Crippen molar-refractivity contribution in [2.75, 3.05) is 40.9 Å². The summed E-state index contributed by atoms with van der Waals surface area (Å²) < 4.78 is 23.2. The van der Waals surface area contributed by atoms with Crippen LogP contribution < -0.4 is 10.2 Å². The summed E-state index contributed by atoms with van der Waals surface area (Å²) in [6, 6.07) is -0.907. The molecule has 0 saturated carbocycles. The predicted molar refractivity (Wildman–Crippen MR) is 279 cm³/mol. The van der Waals surface area contributed by atoms with E-state index in [1.54, 1.807) is 6.08 Å². The van der Waals surface area contributed by atoms with Crippen LogP contribution in [-0.4, -0.2) is 68.5 Å². The first kappa shape index (κ1) is 63.5. The molecule has 0 fully saturated rings. The van der Waals surface area contributed by atoms with Crippen LogP contribution in [0.3, 0.4) is 0 Å². The lowest BCUT2D eigenvalue weighted by Gasteiger charge is -2.29. The lowest BCUT2D eigenvalue weighted by atomic mass is 10.0. The van der Waals surface area contributed by atoms with Gasteiger partial charge in [0.25, 0.3) is 7.82 Å². The summed E-state index contributed by atoms with van der Waals surface area (Å²) in [6.07, 6.45) is 62.3. The Hall–Kier alpha value is -1.54. The Kier molecular flexibility index (Phi) is 46.4. The van der Waals surface area contributed by atoms with Gasteiger partial charge >= 0.3 is 0 Å². The number of unbranched alkanes of at least 4 members (excludes halogenated alkanes) is 31. The molecule has 65 heavy (non-hydrogen) atoms. The molecular weight excluding hydrogens is 828 g/mol. The lowest BCUT2D eigenvalue weighted by Crippen LogP contribution is -2.45. The van der Waals surface area contributed by atoms with Crippen LogP contribution in [0, 0.1) is 0 Å². The minimum Gasteiger partial charge on any atom is -0.756 e. The summed E-state index contributed by atoms with van der Waals surface area (Å²) in [5, 5.41) is 13.7. The van der Waals surface area contributed by atoms with E-state index in [1.807, 2.05) is 27.2 Å². The summed E-state index contributed by atoms with van der Waals surface area (Å²) in [7, 11) is 1.24. The second-order valence-electron chi connectivity index (χ2n) is 19.9. The van der Waals surface area contributed by atoms with E-state index in [-0.39, 0.29) is 12.5 Å². The number of hydrogen-bond acceptors (Lipinski definition) is 6. The summed E-state index contributed by atoms with van der Waals surface area (Å²) in [5.41, 5.74) is 0. The maximum atomic E-state index is 12.9. The first-order valence-corrected chi connectivity index (χ1v) is 29.0. The molecule has 382 valence electrons. The van der Waals surface area contributed by atoms with Crippen molar-refractivity contribution in [2.24, 2.45) is 0 Å². The number of nitrogens with zero attached hydrogens (tertiary/aromatic N) is 1. The molecule has 3 atom stereocenters. The van der Waals surface area contributed by atoms with Gasteiger partial charge in [-0.05, 0) is 64.2 Å². The first-order chi connectivity index (χ1) is 31.5. The standard InChI is InChI=1S/C56H107N2O6P/c1-6-8-10-12-14-16-18-19-20-21-22-23-24-25-26-27-28-29-30-31-32-33-34-35-36-37-38-39-40-42-44-46-48-50-56(60)57-54(53-64-65(61,62)63-52-51-58(3,4)5)55(59)49-47-45-43-41-17-15-13-11-9-7-2/h9,11,17,21-22,41,47,49,54-55,59H,6-8,10,12-16,18-20,23-40,42-46,48,50-53H2,1-5H3,(H-,57,60,61,62)/b11-9+,22-21-,41-17+,49-47+. The topological polar surface area (TPSA) is 108 Å². The van der Waals surface area contributed by atoms with Gasteiger partial charge < -0.3 is 28.8 Å². The molecule has 0 aliphatic rings. The third kappa shape index (κ3) is 50.2. The molecule has 0 radical (unpaired) electrons. The third-order valence-electron chi connectivity index (χ3n) is 12.3. The van der Waals surface area contributed by atoms with Gasteiger partial charge in [0.15, 0.2) is 0 Å². The van der Waals surface area contributed by atoms with Crippen molar-refractivity contribution in [1.82, 2.24) is 5.32 Å². The van der Waals surface area contributed by atoms with Crippen LogP contribution in [0.5, 0.6) is 0 Å². The number of rotatable bonds is 50. The van der Waals surface area contributed by atoms with Crippen molar-refractivity contribution >= 4 is 13.7 Å². The van der Waals surface area contributed by atoms with Crippen LogP contribution >= 0.6 is 7.82 Å². The van der Waals surface area contributed by atoms with Crippen LogP contribution in [0.15, 0.2) is 48.6 Å². The van der Waals surface area contributed by atoms with Gasteiger partial charge in [0.05, 0.1) is 39.9 Å². The van der Waals surface area contributed by atoms with Gasteiger partial charge in [-0.2, -0.15) is 0 Å². The Morgan fingerprint density at radius 2 is 0.908 bits per heavy atom. The maximum Gasteiger partial charge on any atom is 0.268 e. The van der Waals surface area contributed by atoms with Crippen LogP contribution in [0.2, 0.25) is 0 Å². The fourth-order valence-corrected chi connectivity index (χ4v) is 8.68. The van der Waals surface area contributed by atoms with Crippen molar-refractivity contribution < 1.29 is 32.9 Å². The maximum absolute atomic E-state index is 12.9. The summed E-state index contributed by atoms with van der Waals surface area (Å²) in [5.74, 6) is -0.211. The average Bonchev–Trinajstić information content (AvgIpc) is 3.26. The number of phosphoric acid groups is 1. The number of carbonyl (C=O) groups excluding carboxylic acids is 1. The zero-order valence-corrected chi connectivity index (χ0v) is 44.3. The number of nitrogens with one attached hydrogen (secondary N) is 1. The zero-order valence-electron chi connectivity index (χ0n) is 43.4. The summed E-state index contributed by atoms with van der Waals surface area (Å²) in [4.78, 5) is 25.3. The van der Waals surface area contributed by atoms with E-state index in [9.17, 15) is 19.4 Å². The molecule has 0 saturated heterocycles. The average molecular weight is 935 g/mol. The number of carbonyl (C=O) groups is 1. The van der Waals surface area contributed by atoms with Gasteiger partial charge in [-0.25, -0.2) is 0 Å². The van der Waals surface area contributed by atoms with Crippen LogP contribution in [0.25, 0.3) is 0 Å². The summed E-state index contributed by atoms with van der Waals surface area (Å²) in [6.45, 7) is 4.50. The smallest absolute Gasteiger partial charge is 0.268 e. The molecule has 0 bridgehead atoms. The third-order valence-corrected chi connectivity index (χ3v) is 13.2. The lowest BCUT2D eigenvalue weighted by molar-refractivity contribution is -0.870. The minimum absolute atomic E-state index is 0.00899. The predicted octanol–water partition coefficient (Wildman–Crippen LogP) is 15.7. The Morgan fingerprint density at radius 1 is 0.538 bits per heavy atom. The zero-order chi connectivity index (χ0) is 47.8. The van der Waals surface area contributed by atoms with Gasteiger partial charge in [-0.15, -0.1) is 0 Å². The van der Waals surface area contributed by atoms with Crippen LogP contribution in [0.4, 0.5) is 0 Å². The molecule has 9 heteroatoms. The number of amides is 1. The Labute approximate surface area is 403 Å². The molecule has 0 heterocycles. The molecule has 0 aromatic heterocycles. The Bertz CT molecular complexity index is 1200. The molecule has 0 spiro atoms. The fourth-order valence-electron chi connectivity index (χ4n) is 7.95. The number of hydrogen-bond donors (Lipinski definition) is 2. The second kappa shape index (κ2) is 47.5. The summed E-state index contributed by atoms with van der Waals surface area (Å²) >= 11 is 0. The molecule has 0 rings (SSSR count). The van der Waals surface area contributed by atoms with Crippen LogP contribution in [0.1, 0.15) is 251 Å². The van der Waals surface area contributed by atoms with E-state index in [4.69, 9.17) is 9.05 Å².